The van der Waals surface area contributed by atoms with Crippen LogP contribution >= 0.6 is 0 Å². The van der Waals surface area contributed by atoms with Gasteiger partial charge in [-0.2, -0.15) is 0 Å². The molecule has 188 valence electrons. The van der Waals surface area contributed by atoms with Crippen LogP contribution in [0.4, 0.5) is 0 Å². The fraction of sp³-hybridized carbons (Fsp3) is 0.367. The molecule has 0 saturated carbocycles. The minimum atomic E-state index is -0.350. The molecule has 0 aliphatic carbocycles. The van der Waals surface area contributed by atoms with Gasteiger partial charge in [-0.1, -0.05) is 96.1 Å². The van der Waals surface area contributed by atoms with Crippen LogP contribution in [0.3, 0.4) is 0 Å². The molecule has 1 fully saturated rings. The normalized spacial score (nSPS) is 22.2. The average Bonchev–Trinajstić information content (AvgIpc) is 3.54. The Morgan fingerprint density at radius 1 is 0.639 bits per heavy atom. The van der Waals surface area contributed by atoms with Gasteiger partial charge in [-0.05, 0) is 51.3 Å². The summed E-state index contributed by atoms with van der Waals surface area (Å²) in [7, 11) is 0. The summed E-state index contributed by atoms with van der Waals surface area (Å²) >= 11 is 0. The number of nitrogens with one attached hydrogen (secondary N) is 3. The molecule has 0 bridgehead atoms. The number of benzene rings is 3. The van der Waals surface area contributed by atoms with Gasteiger partial charge in [0.25, 0.3) is 0 Å². The standard InChI is InChI=1S/C30H36N4O2/c1-29(2,3)23-14-10-19(11-15-23)25-31-33-27(35-25)21-8-7-9-22(18-21)28-34-32-26(36-28)20-12-16-24(17-13-20)30(4,5)6/h7-18,25,27-28,31,33-34H,1-6H3. The lowest BCUT2D eigenvalue weighted by molar-refractivity contribution is 0.0340. The van der Waals surface area contributed by atoms with Crippen molar-refractivity contribution in [1.82, 2.24) is 16.3 Å². The highest BCUT2D eigenvalue weighted by Gasteiger charge is 2.29. The molecular weight excluding hydrogens is 448 g/mol. The minimum Gasteiger partial charge on any atom is -0.446 e. The molecule has 3 N–H and O–H groups in total. The van der Waals surface area contributed by atoms with Gasteiger partial charge in [0.2, 0.25) is 12.1 Å². The van der Waals surface area contributed by atoms with E-state index in [0.29, 0.717) is 5.90 Å². The van der Waals surface area contributed by atoms with Gasteiger partial charge < -0.3 is 9.47 Å². The van der Waals surface area contributed by atoms with Crippen LogP contribution in [0.1, 0.15) is 93.6 Å². The van der Waals surface area contributed by atoms with E-state index in [1.54, 1.807) is 0 Å². The summed E-state index contributed by atoms with van der Waals surface area (Å²) in [6.07, 6.45) is -0.846. The van der Waals surface area contributed by atoms with Crippen molar-refractivity contribution in [2.75, 3.05) is 0 Å². The maximum atomic E-state index is 6.29. The lowest BCUT2D eigenvalue weighted by Gasteiger charge is -2.20. The molecule has 2 aliphatic heterocycles. The number of hydrazine groups is 1. The molecule has 3 unspecified atom stereocenters. The van der Waals surface area contributed by atoms with Gasteiger partial charge in [-0.3, -0.25) is 5.43 Å². The van der Waals surface area contributed by atoms with Gasteiger partial charge in [-0.15, -0.1) is 5.10 Å². The molecule has 2 heterocycles. The third kappa shape index (κ3) is 5.16. The van der Waals surface area contributed by atoms with E-state index in [1.165, 1.54) is 11.1 Å². The second-order valence-electron chi connectivity index (χ2n) is 11.6. The Hall–Kier alpha value is -3.19. The third-order valence-corrected chi connectivity index (χ3v) is 6.72. The summed E-state index contributed by atoms with van der Waals surface area (Å²) in [5.74, 6) is 0.599. The molecule has 1 saturated heterocycles. The number of nitrogens with zero attached hydrogens (tertiary/aromatic N) is 1. The molecule has 5 rings (SSSR count). The molecule has 6 heteroatoms. The van der Waals surface area contributed by atoms with Crippen LogP contribution in [-0.2, 0) is 20.3 Å². The molecule has 0 aromatic heterocycles. The van der Waals surface area contributed by atoms with E-state index in [1.807, 2.05) is 12.1 Å². The van der Waals surface area contributed by atoms with Crippen molar-refractivity contribution in [1.29, 1.82) is 0 Å². The van der Waals surface area contributed by atoms with E-state index < -0.39 is 0 Å². The van der Waals surface area contributed by atoms with E-state index in [-0.39, 0.29) is 29.5 Å². The van der Waals surface area contributed by atoms with Crippen molar-refractivity contribution in [2.24, 2.45) is 5.10 Å². The summed E-state index contributed by atoms with van der Waals surface area (Å²) in [5.41, 5.74) is 16.5. The number of ether oxygens (including phenoxy) is 2. The number of rotatable bonds is 4. The van der Waals surface area contributed by atoms with E-state index in [0.717, 1.165) is 22.3 Å². The minimum absolute atomic E-state index is 0.109. The van der Waals surface area contributed by atoms with Crippen molar-refractivity contribution in [3.05, 3.63) is 106 Å². The van der Waals surface area contributed by atoms with Crippen molar-refractivity contribution < 1.29 is 9.47 Å². The molecular formula is C30H36N4O2. The van der Waals surface area contributed by atoms with Crippen molar-refractivity contribution in [3.63, 3.8) is 0 Å². The van der Waals surface area contributed by atoms with Gasteiger partial charge in [-0.25, -0.2) is 10.9 Å². The zero-order valence-corrected chi connectivity index (χ0v) is 21.9. The molecule has 0 spiro atoms. The largest absolute Gasteiger partial charge is 0.446 e. The van der Waals surface area contributed by atoms with Gasteiger partial charge in [0, 0.05) is 11.1 Å². The molecule has 6 nitrogen and oxygen atoms in total. The summed E-state index contributed by atoms with van der Waals surface area (Å²) in [5, 5.41) is 4.44. The highest BCUT2D eigenvalue weighted by molar-refractivity contribution is 5.94. The van der Waals surface area contributed by atoms with E-state index in [2.05, 4.69) is 124 Å². The molecule has 3 aromatic carbocycles. The zero-order chi connectivity index (χ0) is 25.5. The molecule has 0 radical (unpaired) electrons. The molecule has 2 aliphatic rings. The maximum Gasteiger partial charge on any atom is 0.240 e. The number of hydrazone groups is 1. The fourth-order valence-electron chi connectivity index (χ4n) is 4.39. The quantitative estimate of drug-likeness (QED) is 0.419. The van der Waals surface area contributed by atoms with Crippen LogP contribution in [0.15, 0.2) is 77.9 Å². The van der Waals surface area contributed by atoms with Crippen LogP contribution in [-0.4, -0.2) is 5.90 Å². The predicted octanol–water partition coefficient (Wildman–Crippen LogP) is 6.08. The van der Waals surface area contributed by atoms with E-state index in [4.69, 9.17) is 9.47 Å². The van der Waals surface area contributed by atoms with Gasteiger partial charge >= 0.3 is 0 Å². The van der Waals surface area contributed by atoms with Gasteiger partial charge in [0.1, 0.15) is 12.5 Å². The Bertz CT molecular complexity index is 1220. The lowest BCUT2D eigenvalue weighted by atomic mass is 9.86. The van der Waals surface area contributed by atoms with Crippen LogP contribution in [0.2, 0.25) is 0 Å². The Morgan fingerprint density at radius 3 is 1.75 bits per heavy atom. The van der Waals surface area contributed by atoms with Crippen LogP contribution in [0.5, 0.6) is 0 Å². The topological polar surface area (TPSA) is 66.9 Å². The van der Waals surface area contributed by atoms with Crippen molar-refractivity contribution >= 4 is 5.90 Å². The van der Waals surface area contributed by atoms with Gasteiger partial charge in [0.05, 0.1) is 0 Å². The van der Waals surface area contributed by atoms with Crippen LogP contribution < -0.4 is 16.3 Å². The third-order valence-electron chi connectivity index (χ3n) is 6.72. The second-order valence-corrected chi connectivity index (χ2v) is 11.6. The second kappa shape index (κ2) is 9.36. The Balaban J connectivity index is 1.24. The van der Waals surface area contributed by atoms with E-state index >= 15 is 0 Å². The highest BCUT2D eigenvalue weighted by Crippen LogP contribution is 2.32. The molecule has 3 atom stereocenters. The number of hydrogen-bond acceptors (Lipinski definition) is 6. The summed E-state index contributed by atoms with van der Waals surface area (Å²) in [4.78, 5) is 0. The van der Waals surface area contributed by atoms with Crippen molar-refractivity contribution in [3.8, 4) is 0 Å². The smallest absolute Gasteiger partial charge is 0.240 e. The first-order valence-electron chi connectivity index (χ1n) is 12.6. The predicted molar refractivity (Wildman–Crippen MR) is 143 cm³/mol. The first-order valence-corrected chi connectivity index (χ1v) is 12.6. The Labute approximate surface area is 214 Å². The highest BCUT2D eigenvalue weighted by atomic mass is 16.5. The van der Waals surface area contributed by atoms with Gasteiger partial charge in [0.15, 0.2) is 0 Å². The van der Waals surface area contributed by atoms with Crippen molar-refractivity contribution in [2.45, 2.75) is 71.1 Å². The zero-order valence-electron chi connectivity index (χ0n) is 21.9. The average molecular weight is 485 g/mol. The van der Waals surface area contributed by atoms with Crippen LogP contribution in [0, 0.1) is 0 Å². The first kappa shape index (κ1) is 24.5. The van der Waals surface area contributed by atoms with Crippen LogP contribution in [0.25, 0.3) is 0 Å². The summed E-state index contributed by atoms with van der Waals surface area (Å²) < 4.78 is 12.5. The number of hydrogen-bond donors (Lipinski definition) is 3. The maximum absolute atomic E-state index is 6.29. The summed E-state index contributed by atoms with van der Waals surface area (Å²) in [6.45, 7) is 13.3. The SMILES string of the molecule is CC(C)(C)c1ccc(C2=NNC(c3cccc(C4NNC(c5ccc(C(C)(C)C)cc5)O4)c3)O2)cc1. The monoisotopic (exact) mass is 484 g/mol. The Morgan fingerprint density at radius 2 is 1.17 bits per heavy atom. The first-order chi connectivity index (χ1) is 17.1. The summed E-state index contributed by atoms with van der Waals surface area (Å²) in [6, 6.07) is 25.2. The lowest BCUT2D eigenvalue weighted by Crippen LogP contribution is -2.26. The molecule has 3 aromatic rings. The molecule has 0 amide bonds. The fourth-order valence-corrected chi connectivity index (χ4v) is 4.39. The Kier molecular flexibility index (Phi) is 6.37. The molecule has 36 heavy (non-hydrogen) atoms. The van der Waals surface area contributed by atoms with E-state index in [9.17, 15) is 0 Å².